The number of nitrogens with one attached hydrogen (secondary N) is 1. The van der Waals surface area contributed by atoms with E-state index in [2.05, 4.69) is 49.3 Å². The average Bonchev–Trinajstić information content (AvgIpc) is 3.27. The highest BCUT2D eigenvalue weighted by molar-refractivity contribution is 5.54. The van der Waals surface area contributed by atoms with Gasteiger partial charge < -0.3 is 10.2 Å². The maximum Gasteiger partial charge on any atom is 0.0393 e. The zero-order valence-electron chi connectivity index (χ0n) is 12.4. The van der Waals surface area contributed by atoms with Gasteiger partial charge in [-0.05, 0) is 55.2 Å². The summed E-state index contributed by atoms with van der Waals surface area (Å²) >= 11 is 0. The molecule has 2 saturated carbocycles. The van der Waals surface area contributed by atoms with Gasteiger partial charge >= 0.3 is 0 Å². The molecule has 2 nitrogen and oxygen atoms in total. The minimum Gasteiger partial charge on any atom is -0.374 e. The van der Waals surface area contributed by atoms with Crippen LogP contribution in [0.3, 0.4) is 0 Å². The van der Waals surface area contributed by atoms with Crippen LogP contribution in [-0.2, 0) is 6.54 Å². The first-order valence-electron chi connectivity index (χ1n) is 7.67. The van der Waals surface area contributed by atoms with Crippen LogP contribution in [0.5, 0.6) is 0 Å². The summed E-state index contributed by atoms with van der Waals surface area (Å²) in [5, 5.41) is 3.58. The highest BCUT2D eigenvalue weighted by atomic mass is 15.1. The van der Waals surface area contributed by atoms with Crippen molar-refractivity contribution in [3.05, 3.63) is 29.3 Å². The van der Waals surface area contributed by atoms with Gasteiger partial charge in [0.05, 0.1) is 0 Å². The first-order valence-corrected chi connectivity index (χ1v) is 7.67. The smallest absolute Gasteiger partial charge is 0.0393 e. The molecule has 0 saturated heterocycles. The minimum absolute atomic E-state index is 0.791. The fraction of sp³-hybridized carbons (Fsp3) is 0.647. The average molecular weight is 258 g/mol. The molecule has 0 amide bonds. The highest BCUT2D eigenvalue weighted by Gasteiger charge is 2.33. The predicted octanol–water partition coefficient (Wildman–Crippen LogP) is 3.34. The fourth-order valence-electron chi connectivity index (χ4n) is 2.91. The summed E-state index contributed by atoms with van der Waals surface area (Å²) in [5.41, 5.74) is 4.22. The van der Waals surface area contributed by atoms with Crippen molar-refractivity contribution >= 4 is 5.69 Å². The molecule has 2 unspecified atom stereocenters. The van der Waals surface area contributed by atoms with E-state index in [0.29, 0.717) is 0 Å². The fourth-order valence-corrected chi connectivity index (χ4v) is 2.91. The van der Waals surface area contributed by atoms with Crippen LogP contribution >= 0.6 is 0 Å². The number of rotatable bonds is 6. The Bertz CT molecular complexity index is 451. The second-order valence-electron chi connectivity index (χ2n) is 6.63. The van der Waals surface area contributed by atoms with E-state index in [0.717, 1.165) is 24.4 Å². The van der Waals surface area contributed by atoms with Crippen LogP contribution in [0.2, 0.25) is 0 Å². The van der Waals surface area contributed by atoms with Crippen LogP contribution in [0.4, 0.5) is 5.69 Å². The molecule has 3 rings (SSSR count). The van der Waals surface area contributed by atoms with Gasteiger partial charge in [-0.2, -0.15) is 0 Å². The van der Waals surface area contributed by atoms with E-state index in [9.17, 15) is 0 Å². The van der Waals surface area contributed by atoms with Gasteiger partial charge in [0.2, 0.25) is 0 Å². The Morgan fingerprint density at radius 1 is 1.32 bits per heavy atom. The predicted molar refractivity (Wildman–Crippen MR) is 81.6 cm³/mol. The van der Waals surface area contributed by atoms with Gasteiger partial charge in [-0.25, -0.2) is 0 Å². The molecule has 0 spiro atoms. The summed E-state index contributed by atoms with van der Waals surface area (Å²) in [6, 6.07) is 7.72. The van der Waals surface area contributed by atoms with E-state index in [4.69, 9.17) is 0 Å². The van der Waals surface area contributed by atoms with Gasteiger partial charge in [-0.15, -0.1) is 0 Å². The molecule has 1 N–H and O–H groups in total. The third-order valence-corrected chi connectivity index (χ3v) is 4.63. The summed E-state index contributed by atoms with van der Waals surface area (Å²) in [5.74, 6) is 1.85. The van der Waals surface area contributed by atoms with Crippen LogP contribution in [0.15, 0.2) is 18.2 Å². The summed E-state index contributed by atoms with van der Waals surface area (Å²) in [4.78, 5) is 2.43. The van der Waals surface area contributed by atoms with Crippen LogP contribution in [0, 0.1) is 18.8 Å². The highest BCUT2D eigenvalue weighted by Crippen LogP contribution is 2.39. The van der Waals surface area contributed by atoms with Crippen LogP contribution in [0.1, 0.15) is 37.3 Å². The van der Waals surface area contributed by atoms with Crippen molar-refractivity contribution in [2.24, 2.45) is 11.8 Å². The first-order chi connectivity index (χ1) is 9.13. The SMILES string of the molecule is Cc1cc(CNC2CC2)ccc1N(C)CC1CC1C. The lowest BCUT2D eigenvalue weighted by Crippen LogP contribution is -2.21. The van der Waals surface area contributed by atoms with E-state index >= 15 is 0 Å². The van der Waals surface area contributed by atoms with Gasteiger partial charge in [0.25, 0.3) is 0 Å². The molecule has 19 heavy (non-hydrogen) atoms. The molecule has 2 atom stereocenters. The first kappa shape index (κ1) is 13.0. The van der Waals surface area contributed by atoms with Crippen molar-refractivity contribution in [2.45, 2.75) is 45.7 Å². The lowest BCUT2D eigenvalue weighted by atomic mass is 10.1. The van der Waals surface area contributed by atoms with Crippen LogP contribution in [-0.4, -0.2) is 19.6 Å². The van der Waals surface area contributed by atoms with E-state index in [1.807, 2.05) is 0 Å². The second-order valence-corrected chi connectivity index (χ2v) is 6.63. The van der Waals surface area contributed by atoms with Crippen LogP contribution in [0.25, 0.3) is 0 Å². The Morgan fingerprint density at radius 2 is 2.05 bits per heavy atom. The van der Waals surface area contributed by atoms with Gasteiger partial charge in [-0.3, -0.25) is 0 Å². The number of hydrogen-bond acceptors (Lipinski definition) is 2. The third-order valence-electron chi connectivity index (χ3n) is 4.63. The molecule has 0 bridgehead atoms. The molecule has 0 aromatic heterocycles. The third kappa shape index (κ3) is 3.30. The summed E-state index contributed by atoms with van der Waals surface area (Å²) in [6.45, 7) is 6.83. The van der Waals surface area contributed by atoms with E-state index < -0.39 is 0 Å². The Morgan fingerprint density at radius 3 is 2.63 bits per heavy atom. The topological polar surface area (TPSA) is 15.3 Å². The van der Waals surface area contributed by atoms with Crippen molar-refractivity contribution in [1.82, 2.24) is 5.32 Å². The largest absolute Gasteiger partial charge is 0.374 e. The van der Waals surface area contributed by atoms with Crippen molar-refractivity contribution < 1.29 is 0 Å². The number of aryl methyl sites for hydroxylation is 1. The minimum atomic E-state index is 0.791. The molecule has 104 valence electrons. The molecule has 0 heterocycles. The van der Waals surface area contributed by atoms with Crippen molar-refractivity contribution in [3.8, 4) is 0 Å². The molecule has 2 aliphatic carbocycles. The summed E-state index contributed by atoms with van der Waals surface area (Å²) in [7, 11) is 2.23. The van der Waals surface area contributed by atoms with Crippen molar-refractivity contribution in [2.75, 3.05) is 18.5 Å². The van der Waals surface area contributed by atoms with E-state index in [1.165, 1.54) is 42.6 Å². The Labute approximate surface area is 117 Å². The Balaban J connectivity index is 1.60. The molecule has 2 fully saturated rings. The maximum atomic E-state index is 3.58. The maximum absolute atomic E-state index is 3.58. The Hall–Kier alpha value is -1.02. The lowest BCUT2D eigenvalue weighted by Gasteiger charge is -2.22. The summed E-state index contributed by atoms with van der Waals surface area (Å²) in [6.07, 6.45) is 4.13. The van der Waals surface area contributed by atoms with Crippen LogP contribution < -0.4 is 10.2 Å². The molecule has 0 aliphatic heterocycles. The number of anilines is 1. The summed E-state index contributed by atoms with van der Waals surface area (Å²) < 4.78 is 0. The molecular weight excluding hydrogens is 232 g/mol. The molecule has 1 aromatic carbocycles. The molecular formula is C17H26N2. The number of nitrogens with zero attached hydrogens (tertiary/aromatic N) is 1. The monoisotopic (exact) mass is 258 g/mol. The number of hydrogen-bond donors (Lipinski definition) is 1. The van der Waals surface area contributed by atoms with Gasteiger partial charge in [0.15, 0.2) is 0 Å². The normalized spacial score (nSPS) is 25.4. The zero-order chi connectivity index (χ0) is 13.4. The quantitative estimate of drug-likeness (QED) is 0.842. The van der Waals surface area contributed by atoms with Crippen molar-refractivity contribution in [1.29, 1.82) is 0 Å². The van der Waals surface area contributed by atoms with Gasteiger partial charge in [0, 0.05) is 31.9 Å². The molecule has 1 aromatic rings. The van der Waals surface area contributed by atoms with E-state index in [1.54, 1.807) is 0 Å². The second kappa shape index (κ2) is 5.16. The van der Waals surface area contributed by atoms with Crippen molar-refractivity contribution in [3.63, 3.8) is 0 Å². The van der Waals surface area contributed by atoms with Gasteiger partial charge in [0.1, 0.15) is 0 Å². The number of benzene rings is 1. The molecule has 2 heteroatoms. The van der Waals surface area contributed by atoms with Gasteiger partial charge in [-0.1, -0.05) is 19.1 Å². The zero-order valence-corrected chi connectivity index (χ0v) is 12.4. The molecule has 0 radical (unpaired) electrons. The standard InChI is InChI=1S/C17H26N2/c1-12-9-15(12)11-19(3)17-7-4-14(8-13(17)2)10-18-16-5-6-16/h4,7-8,12,15-16,18H,5-6,9-11H2,1-3H3. The van der Waals surface area contributed by atoms with E-state index in [-0.39, 0.29) is 0 Å². The Kier molecular flexibility index (Phi) is 3.53. The lowest BCUT2D eigenvalue weighted by molar-refractivity contribution is 0.687. The molecule has 2 aliphatic rings.